The largest absolute Gasteiger partial charge is 0.379 e. The lowest BCUT2D eigenvalue weighted by atomic mass is 10.1. The maximum atomic E-state index is 12.2. The van der Waals surface area contributed by atoms with E-state index in [1.54, 1.807) is 19.2 Å². The van der Waals surface area contributed by atoms with E-state index in [1.807, 2.05) is 12.1 Å². The molecule has 0 aliphatic heterocycles. The highest BCUT2D eigenvalue weighted by atomic mass is 16.5. The normalized spacial score (nSPS) is 21.1. The molecule has 106 valence electrons. The number of carbonyl (C=O) groups excluding carboxylic acids is 1. The van der Waals surface area contributed by atoms with Gasteiger partial charge in [0.2, 0.25) is 0 Å². The molecule has 20 heavy (non-hydrogen) atoms. The summed E-state index contributed by atoms with van der Waals surface area (Å²) in [6.45, 7) is 0.314. The Hall–Kier alpha value is -1.83. The molecule has 1 amide bonds. The topological polar surface area (TPSA) is 64.3 Å². The zero-order valence-corrected chi connectivity index (χ0v) is 11.7. The summed E-state index contributed by atoms with van der Waals surface area (Å²) >= 11 is 0. The molecule has 0 spiro atoms. The van der Waals surface area contributed by atoms with Crippen molar-refractivity contribution in [2.45, 2.75) is 31.4 Å². The van der Waals surface area contributed by atoms with Crippen LogP contribution < -0.4 is 11.1 Å². The van der Waals surface area contributed by atoms with E-state index in [9.17, 15) is 4.79 Å². The van der Waals surface area contributed by atoms with E-state index in [0.29, 0.717) is 12.1 Å². The van der Waals surface area contributed by atoms with Gasteiger partial charge in [-0.1, -0.05) is 17.9 Å². The number of hydrogen-bond acceptors (Lipinski definition) is 3. The summed E-state index contributed by atoms with van der Waals surface area (Å²) in [4.78, 5) is 12.2. The highest BCUT2D eigenvalue weighted by Crippen LogP contribution is 2.21. The van der Waals surface area contributed by atoms with Crippen molar-refractivity contribution in [2.75, 3.05) is 13.7 Å². The zero-order valence-electron chi connectivity index (χ0n) is 11.7. The Bertz CT molecular complexity index is 531. The summed E-state index contributed by atoms with van der Waals surface area (Å²) in [6.07, 6.45) is 3.19. The standard InChI is InChI=1S/C16H20N2O2/c1-20-15-9-3-8-14(15)18-16(19)13-7-2-5-12(11-13)6-4-10-17/h2,5,7,11,14-15H,3,8-10,17H2,1H3,(H,18,19). The SMILES string of the molecule is COC1CCCC1NC(=O)c1cccc(C#CCN)c1. The summed E-state index contributed by atoms with van der Waals surface area (Å²) in [6, 6.07) is 7.38. The number of nitrogens with one attached hydrogen (secondary N) is 1. The molecule has 2 rings (SSSR count). The van der Waals surface area contributed by atoms with Crippen molar-refractivity contribution >= 4 is 5.91 Å². The Morgan fingerprint density at radius 2 is 2.35 bits per heavy atom. The Morgan fingerprint density at radius 1 is 1.50 bits per heavy atom. The van der Waals surface area contributed by atoms with E-state index in [2.05, 4.69) is 17.2 Å². The van der Waals surface area contributed by atoms with Gasteiger partial charge in [0.1, 0.15) is 0 Å². The lowest BCUT2D eigenvalue weighted by molar-refractivity contribution is 0.0722. The maximum absolute atomic E-state index is 12.2. The molecule has 2 atom stereocenters. The van der Waals surface area contributed by atoms with Gasteiger partial charge in [0, 0.05) is 18.2 Å². The average molecular weight is 272 g/mol. The Balaban J connectivity index is 2.05. The van der Waals surface area contributed by atoms with Crippen LogP contribution in [0, 0.1) is 11.8 Å². The van der Waals surface area contributed by atoms with E-state index in [0.717, 1.165) is 24.8 Å². The summed E-state index contributed by atoms with van der Waals surface area (Å²) in [5.41, 5.74) is 6.77. The van der Waals surface area contributed by atoms with Crippen molar-refractivity contribution in [1.29, 1.82) is 0 Å². The molecule has 1 aromatic rings. The molecule has 1 saturated carbocycles. The number of rotatable bonds is 3. The number of methoxy groups -OCH3 is 1. The lowest BCUT2D eigenvalue weighted by Gasteiger charge is -2.19. The van der Waals surface area contributed by atoms with Crippen LogP contribution in [0.15, 0.2) is 24.3 Å². The minimum Gasteiger partial charge on any atom is -0.379 e. The van der Waals surface area contributed by atoms with Crippen molar-refractivity contribution in [2.24, 2.45) is 5.73 Å². The lowest BCUT2D eigenvalue weighted by Crippen LogP contribution is -2.40. The second-order valence-corrected chi connectivity index (χ2v) is 4.87. The summed E-state index contributed by atoms with van der Waals surface area (Å²) < 4.78 is 5.39. The second-order valence-electron chi connectivity index (χ2n) is 4.87. The van der Waals surface area contributed by atoms with E-state index >= 15 is 0 Å². The van der Waals surface area contributed by atoms with Gasteiger partial charge in [0.05, 0.1) is 18.7 Å². The van der Waals surface area contributed by atoms with Gasteiger partial charge in [-0.2, -0.15) is 0 Å². The molecule has 3 N–H and O–H groups in total. The van der Waals surface area contributed by atoms with Gasteiger partial charge in [-0.3, -0.25) is 4.79 Å². The molecule has 1 aliphatic rings. The molecule has 0 saturated heterocycles. The van der Waals surface area contributed by atoms with Crippen LogP contribution in [0.3, 0.4) is 0 Å². The van der Waals surface area contributed by atoms with Crippen LogP contribution >= 0.6 is 0 Å². The summed E-state index contributed by atoms with van der Waals surface area (Å²) in [5.74, 6) is 5.65. The number of nitrogens with two attached hydrogens (primary N) is 1. The number of amides is 1. The first-order valence-electron chi connectivity index (χ1n) is 6.87. The van der Waals surface area contributed by atoms with Crippen LogP contribution in [0.5, 0.6) is 0 Å². The van der Waals surface area contributed by atoms with Crippen LogP contribution in [-0.4, -0.2) is 31.7 Å². The Morgan fingerprint density at radius 3 is 3.10 bits per heavy atom. The maximum Gasteiger partial charge on any atom is 0.251 e. The third-order valence-corrected chi connectivity index (χ3v) is 3.53. The van der Waals surface area contributed by atoms with Crippen LogP contribution in [0.4, 0.5) is 0 Å². The highest BCUT2D eigenvalue weighted by molar-refractivity contribution is 5.94. The number of hydrogen-bond donors (Lipinski definition) is 2. The van der Waals surface area contributed by atoms with Crippen LogP contribution in [0.1, 0.15) is 35.2 Å². The Labute approximate surface area is 119 Å². The molecule has 2 unspecified atom stereocenters. The van der Waals surface area contributed by atoms with E-state index < -0.39 is 0 Å². The number of ether oxygens (including phenoxy) is 1. The average Bonchev–Trinajstić information content (AvgIpc) is 2.92. The predicted molar refractivity (Wildman–Crippen MR) is 78.3 cm³/mol. The second kappa shape index (κ2) is 7.09. The van der Waals surface area contributed by atoms with Gasteiger partial charge in [0.15, 0.2) is 0 Å². The summed E-state index contributed by atoms with van der Waals surface area (Å²) in [5, 5.41) is 3.04. The van der Waals surface area contributed by atoms with Gasteiger partial charge in [-0.15, -0.1) is 0 Å². The first-order valence-corrected chi connectivity index (χ1v) is 6.87. The number of benzene rings is 1. The molecule has 4 heteroatoms. The highest BCUT2D eigenvalue weighted by Gasteiger charge is 2.28. The van der Waals surface area contributed by atoms with Crippen molar-refractivity contribution in [3.8, 4) is 11.8 Å². The smallest absolute Gasteiger partial charge is 0.251 e. The third-order valence-electron chi connectivity index (χ3n) is 3.53. The number of carbonyl (C=O) groups is 1. The third kappa shape index (κ3) is 3.60. The first kappa shape index (κ1) is 14.6. The van der Waals surface area contributed by atoms with Crippen LogP contribution in [0.2, 0.25) is 0 Å². The molecular formula is C16H20N2O2. The molecule has 1 fully saturated rings. The van der Waals surface area contributed by atoms with Gasteiger partial charge < -0.3 is 15.8 Å². The van der Waals surface area contributed by atoms with Crippen molar-refractivity contribution in [3.05, 3.63) is 35.4 Å². The molecular weight excluding hydrogens is 252 g/mol. The fraction of sp³-hybridized carbons (Fsp3) is 0.438. The van der Waals surface area contributed by atoms with Crippen LogP contribution in [0.25, 0.3) is 0 Å². The van der Waals surface area contributed by atoms with E-state index in [-0.39, 0.29) is 18.1 Å². The minimum absolute atomic E-state index is 0.0738. The fourth-order valence-electron chi connectivity index (χ4n) is 2.52. The molecule has 1 aliphatic carbocycles. The van der Waals surface area contributed by atoms with Crippen LogP contribution in [-0.2, 0) is 4.74 Å². The van der Waals surface area contributed by atoms with Gasteiger partial charge in [-0.05, 0) is 37.5 Å². The molecule has 4 nitrogen and oxygen atoms in total. The molecule has 0 heterocycles. The van der Waals surface area contributed by atoms with E-state index in [1.165, 1.54) is 0 Å². The molecule has 1 aromatic carbocycles. The zero-order chi connectivity index (χ0) is 14.4. The monoisotopic (exact) mass is 272 g/mol. The van der Waals surface area contributed by atoms with E-state index in [4.69, 9.17) is 10.5 Å². The van der Waals surface area contributed by atoms with Crippen molar-refractivity contribution < 1.29 is 9.53 Å². The Kier molecular flexibility index (Phi) is 5.16. The van der Waals surface area contributed by atoms with Gasteiger partial charge >= 0.3 is 0 Å². The van der Waals surface area contributed by atoms with Gasteiger partial charge in [-0.25, -0.2) is 0 Å². The quantitative estimate of drug-likeness (QED) is 0.815. The predicted octanol–water partition coefficient (Wildman–Crippen LogP) is 1.29. The molecule has 0 radical (unpaired) electrons. The van der Waals surface area contributed by atoms with Crippen molar-refractivity contribution in [3.63, 3.8) is 0 Å². The molecule has 0 bridgehead atoms. The minimum atomic E-state index is -0.0738. The summed E-state index contributed by atoms with van der Waals surface area (Å²) in [7, 11) is 1.69. The fourth-order valence-corrected chi connectivity index (χ4v) is 2.52. The van der Waals surface area contributed by atoms with Gasteiger partial charge in [0.25, 0.3) is 5.91 Å². The van der Waals surface area contributed by atoms with Crippen molar-refractivity contribution in [1.82, 2.24) is 5.32 Å². The molecule has 0 aromatic heterocycles. The first-order chi connectivity index (χ1) is 9.74.